The van der Waals surface area contributed by atoms with Gasteiger partial charge in [0, 0.05) is 21.7 Å². The lowest BCUT2D eigenvalue weighted by atomic mass is 9.80. The van der Waals surface area contributed by atoms with Crippen LogP contribution < -0.4 is 0 Å². The highest BCUT2D eigenvalue weighted by atomic mass is 14.4. The maximum atomic E-state index is 2.49. The molecule has 0 bridgehead atoms. The summed E-state index contributed by atoms with van der Waals surface area (Å²) in [5, 5.41) is 20.3. The number of rotatable bonds is 8. The van der Waals surface area contributed by atoms with Crippen LogP contribution in [-0.4, -0.2) is 0 Å². The van der Waals surface area contributed by atoms with Crippen molar-refractivity contribution in [3.8, 4) is 134 Å². The maximum Gasteiger partial charge on any atom is 0.0159 e. The largest absolute Gasteiger partial charge is 0.0619 e. The lowest BCUT2D eigenvalue weighted by molar-refractivity contribution is 0.660. The van der Waals surface area contributed by atoms with Crippen LogP contribution in [0.25, 0.3) is 220 Å². The molecule has 22 aromatic carbocycles. The summed E-state index contributed by atoms with van der Waals surface area (Å²) < 4.78 is 0. The van der Waals surface area contributed by atoms with E-state index < -0.39 is 0 Å². The van der Waals surface area contributed by atoms with Crippen LogP contribution in [0.1, 0.15) is 99.9 Å². The summed E-state index contributed by atoms with van der Waals surface area (Å²) in [6.45, 7) is 19.0. The van der Waals surface area contributed by atoms with Gasteiger partial charge in [0.25, 0.3) is 0 Å². The first-order valence-corrected chi connectivity index (χ1v) is 45.5. The zero-order valence-electron chi connectivity index (χ0n) is 73.3. The van der Waals surface area contributed by atoms with Gasteiger partial charge in [0.15, 0.2) is 0 Å². The van der Waals surface area contributed by atoms with Crippen molar-refractivity contribution in [1.82, 2.24) is 0 Å². The molecule has 0 amide bonds. The second kappa shape index (κ2) is 28.2. The van der Waals surface area contributed by atoms with E-state index in [2.05, 4.69) is 468 Å². The Morgan fingerprint density at radius 1 is 0.117 bits per heavy atom. The molecule has 4 aliphatic rings. The molecule has 0 saturated carbocycles. The summed E-state index contributed by atoms with van der Waals surface area (Å²) >= 11 is 0. The molecule has 22 aromatic rings. The van der Waals surface area contributed by atoms with Crippen molar-refractivity contribution < 1.29 is 0 Å². The summed E-state index contributed by atoms with van der Waals surface area (Å²) in [4.78, 5) is 0. The minimum absolute atomic E-state index is 0.0572. The lowest BCUT2D eigenvalue weighted by Crippen LogP contribution is -2.14. The third-order valence-electron chi connectivity index (χ3n) is 30.1. The Kier molecular flexibility index (Phi) is 16.6. The number of fused-ring (bicyclic) bond motifs is 21. The van der Waals surface area contributed by atoms with Crippen LogP contribution in [0.5, 0.6) is 0 Å². The molecule has 0 heterocycles. The standard InChI is InChI=1S/2C64H46/c1-63(2)58-23-12-10-18-50(58)55-37-46(30-33-59(55)63)62-53-20-8-7-19-52(53)61(45-27-25-40-34-44(26-24-41(40)35-45)48-21-13-15-39-14-5-6-16-47(39)48)54-32-29-42(36-56(54)62)43-28-31-51-49-17-9-11-22-57(49)64(3,4)60(51)38-43;1-63(2)58-24-14-12-20-49(58)55-37-44(31-34-59(55)63)62-52-22-10-9-21-51(52)61(40-27-25-39(26-28-40)54-36-43-15-5-6-16-45(43)46-17-7-8-18-47(46)54)53-33-30-41(35-56(53)62)42-29-32-50-48-19-11-13-23-57(48)64(3,4)60(50)38-42/h2*5-38H,1-4H3. The van der Waals surface area contributed by atoms with E-state index in [1.54, 1.807) is 0 Å². The Bertz CT molecular complexity index is 8540. The minimum Gasteiger partial charge on any atom is -0.0619 e. The number of hydrogen-bond donors (Lipinski definition) is 0. The molecule has 0 radical (unpaired) electrons. The second-order valence-corrected chi connectivity index (χ2v) is 38.4. The Balaban J connectivity index is 0.000000139. The van der Waals surface area contributed by atoms with E-state index in [1.165, 1.54) is 264 Å². The van der Waals surface area contributed by atoms with E-state index in [0.29, 0.717) is 0 Å². The molecule has 604 valence electrons. The smallest absolute Gasteiger partial charge is 0.0159 e. The molecule has 0 N–H and O–H groups in total. The molecule has 0 aromatic heterocycles. The van der Waals surface area contributed by atoms with Crippen molar-refractivity contribution in [2.75, 3.05) is 0 Å². The number of benzene rings is 22. The minimum atomic E-state index is -0.0763. The first kappa shape index (κ1) is 75.4. The normalized spacial score (nSPS) is 14.2. The van der Waals surface area contributed by atoms with E-state index in [4.69, 9.17) is 0 Å². The van der Waals surface area contributed by atoms with E-state index in [-0.39, 0.29) is 21.7 Å². The monoisotopic (exact) mass is 1630 g/mol. The van der Waals surface area contributed by atoms with Gasteiger partial charge in [-0.25, -0.2) is 0 Å². The Labute approximate surface area is 748 Å². The first-order chi connectivity index (χ1) is 62.5. The Hall–Kier alpha value is -15.1. The maximum absolute atomic E-state index is 2.49. The molecule has 0 unspecified atom stereocenters. The summed E-state index contributed by atoms with van der Waals surface area (Å²) in [6.07, 6.45) is 0. The fourth-order valence-corrected chi connectivity index (χ4v) is 23.6. The highest BCUT2D eigenvalue weighted by molar-refractivity contribution is 6.25. The van der Waals surface area contributed by atoms with Crippen LogP contribution in [0.4, 0.5) is 0 Å². The molecule has 0 nitrogen and oxygen atoms in total. The molecule has 0 saturated heterocycles. The van der Waals surface area contributed by atoms with Gasteiger partial charge in [0.2, 0.25) is 0 Å². The lowest BCUT2D eigenvalue weighted by Gasteiger charge is -2.23. The molecule has 0 aliphatic heterocycles. The predicted octanol–water partition coefficient (Wildman–Crippen LogP) is 35.2. The highest BCUT2D eigenvalue weighted by Gasteiger charge is 2.40. The molecule has 128 heavy (non-hydrogen) atoms. The van der Waals surface area contributed by atoms with Crippen molar-refractivity contribution in [2.24, 2.45) is 0 Å². The quantitative estimate of drug-likeness (QED) is 0.105. The van der Waals surface area contributed by atoms with E-state index in [1.807, 2.05) is 0 Å². The van der Waals surface area contributed by atoms with Crippen LogP contribution in [0.2, 0.25) is 0 Å². The van der Waals surface area contributed by atoms with Crippen molar-refractivity contribution in [3.63, 3.8) is 0 Å². The van der Waals surface area contributed by atoms with E-state index in [0.717, 1.165) is 0 Å². The topological polar surface area (TPSA) is 0 Å². The van der Waals surface area contributed by atoms with Gasteiger partial charge in [0.05, 0.1) is 0 Å². The van der Waals surface area contributed by atoms with Gasteiger partial charge in [0.1, 0.15) is 0 Å². The third-order valence-corrected chi connectivity index (χ3v) is 30.1. The average molecular weight is 1630 g/mol. The highest BCUT2D eigenvalue weighted by Crippen LogP contribution is 2.58. The molecule has 26 rings (SSSR count). The van der Waals surface area contributed by atoms with Gasteiger partial charge in [-0.15, -0.1) is 0 Å². The van der Waals surface area contributed by atoms with Crippen LogP contribution in [-0.2, 0) is 21.7 Å². The fourth-order valence-electron chi connectivity index (χ4n) is 23.6. The number of hydrogen-bond acceptors (Lipinski definition) is 0. The van der Waals surface area contributed by atoms with Gasteiger partial charge in [-0.3, -0.25) is 0 Å². The zero-order valence-corrected chi connectivity index (χ0v) is 73.3. The van der Waals surface area contributed by atoms with Gasteiger partial charge in [-0.05, 0) is 319 Å². The molecule has 0 atom stereocenters. The summed E-state index contributed by atoms with van der Waals surface area (Å²) in [6, 6.07) is 156. The SMILES string of the molecule is CC1(C)c2ccccc2-c2cc(-c3c4ccccc4c(-c4ccc(-c5cc6ccccc6c6ccccc56)cc4)c4ccc(-c5ccc6c(c5)C(C)(C)c5ccccc5-6)cc34)ccc21.CC1(C)c2ccccc2-c2cc(-c3c4ccccc4c(-c4ccc5cc(-c6cccc7ccccc67)ccc5c4)c4ccc(-c5ccc6c(c5)C(C)(C)c5ccccc5-6)cc34)ccc21. The van der Waals surface area contributed by atoms with E-state index in [9.17, 15) is 0 Å². The zero-order chi connectivity index (χ0) is 85.8. The van der Waals surface area contributed by atoms with Crippen molar-refractivity contribution in [1.29, 1.82) is 0 Å². The molecular formula is C128H92. The third kappa shape index (κ3) is 11.3. The van der Waals surface area contributed by atoms with E-state index >= 15 is 0 Å². The van der Waals surface area contributed by atoms with Gasteiger partial charge < -0.3 is 0 Å². The summed E-state index contributed by atoms with van der Waals surface area (Å²) in [5.74, 6) is 0. The van der Waals surface area contributed by atoms with Crippen molar-refractivity contribution in [2.45, 2.75) is 77.0 Å². The average Bonchev–Trinajstić information content (AvgIpc) is 1.30. The van der Waals surface area contributed by atoms with Gasteiger partial charge in [-0.1, -0.05) is 413 Å². The fraction of sp³-hybridized carbons (Fsp3) is 0.0938. The van der Waals surface area contributed by atoms with Crippen LogP contribution in [0.3, 0.4) is 0 Å². The molecule has 0 fully saturated rings. The summed E-state index contributed by atoms with van der Waals surface area (Å²) in [7, 11) is 0. The van der Waals surface area contributed by atoms with Gasteiger partial charge >= 0.3 is 0 Å². The predicted molar refractivity (Wildman–Crippen MR) is 547 cm³/mol. The molecule has 4 aliphatic carbocycles. The Morgan fingerprint density at radius 3 is 0.914 bits per heavy atom. The second-order valence-electron chi connectivity index (χ2n) is 38.4. The van der Waals surface area contributed by atoms with Crippen LogP contribution >= 0.6 is 0 Å². The Morgan fingerprint density at radius 2 is 0.414 bits per heavy atom. The van der Waals surface area contributed by atoms with Crippen molar-refractivity contribution >= 4 is 86.2 Å². The van der Waals surface area contributed by atoms with Gasteiger partial charge in [-0.2, -0.15) is 0 Å². The molecular weight excluding hydrogens is 1540 g/mol. The van der Waals surface area contributed by atoms with Crippen LogP contribution in [0.15, 0.2) is 413 Å². The molecule has 0 heteroatoms. The summed E-state index contributed by atoms with van der Waals surface area (Å²) in [5.41, 5.74) is 41.7. The first-order valence-electron chi connectivity index (χ1n) is 45.5. The van der Waals surface area contributed by atoms with Crippen molar-refractivity contribution in [3.05, 3.63) is 457 Å². The molecule has 0 spiro atoms. The van der Waals surface area contributed by atoms with Crippen LogP contribution in [0, 0.1) is 0 Å².